The Labute approximate surface area is 153 Å². The topological polar surface area (TPSA) is 45.4 Å². The standard InChI is InChI=1S/C21H24ClNO2/c22-18-4-2-1-3-17(18)19-6-5-16(25-19)12-23-20-8-14-7-15(9-20)11-21(24,10-14)13-20/h1-6,14-15,23-24H,7-13H2. The molecule has 0 amide bonds. The highest BCUT2D eigenvalue weighted by Gasteiger charge is 2.56. The highest BCUT2D eigenvalue weighted by Crippen LogP contribution is 2.57. The first kappa shape index (κ1) is 15.9. The number of nitrogens with one attached hydrogen (secondary N) is 1. The van der Waals surface area contributed by atoms with E-state index in [0.717, 1.165) is 36.3 Å². The summed E-state index contributed by atoms with van der Waals surface area (Å²) in [7, 11) is 0. The first-order valence-electron chi connectivity index (χ1n) is 9.34. The van der Waals surface area contributed by atoms with Gasteiger partial charge in [-0.2, -0.15) is 0 Å². The van der Waals surface area contributed by atoms with Crippen molar-refractivity contribution in [2.45, 2.75) is 56.2 Å². The lowest BCUT2D eigenvalue weighted by Gasteiger charge is -2.60. The minimum atomic E-state index is -0.428. The lowest BCUT2D eigenvalue weighted by molar-refractivity contribution is -0.143. The quantitative estimate of drug-likeness (QED) is 0.828. The summed E-state index contributed by atoms with van der Waals surface area (Å²) >= 11 is 6.27. The molecule has 25 heavy (non-hydrogen) atoms. The second-order valence-corrected chi connectivity index (χ2v) is 8.97. The van der Waals surface area contributed by atoms with Crippen molar-refractivity contribution in [3.05, 3.63) is 47.2 Å². The Kier molecular flexibility index (Phi) is 3.57. The molecule has 4 fully saturated rings. The largest absolute Gasteiger partial charge is 0.460 e. The van der Waals surface area contributed by atoms with Crippen molar-refractivity contribution in [1.82, 2.24) is 5.32 Å². The van der Waals surface area contributed by atoms with E-state index in [-0.39, 0.29) is 5.54 Å². The summed E-state index contributed by atoms with van der Waals surface area (Å²) in [5, 5.41) is 15.3. The van der Waals surface area contributed by atoms with Crippen LogP contribution >= 0.6 is 11.6 Å². The molecule has 4 aliphatic rings. The fourth-order valence-corrected chi connectivity index (χ4v) is 6.20. The van der Waals surface area contributed by atoms with Gasteiger partial charge in [0.15, 0.2) is 0 Å². The smallest absolute Gasteiger partial charge is 0.135 e. The Hall–Kier alpha value is -1.29. The molecule has 4 aliphatic carbocycles. The van der Waals surface area contributed by atoms with Gasteiger partial charge in [-0.3, -0.25) is 0 Å². The average molecular weight is 358 g/mol. The van der Waals surface area contributed by atoms with Gasteiger partial charge in [0.05, 0.1) is 17.2 Å². The van der Waals surface area contributed by atoms with Crippen molar-refractivity contribution >= 4 is 11.6 Å². The molecule has 6 rings (SSSR count). The van der Waals surface area contributed by atoms with Gasteiger partial charge in [-0.1, -0.05) is 23.7 Å². The molecule has 0 spiro atoms. The second kappa shape index (κ2) is 5.60. The highest BCUT2D eigenvalue weighted by molar-refractivity contribution is 6.33. The molecule has 1 aromatic heterocycles. The molecule has 0 aliphatic heterocycles. The maximum Gasteiger partial charge on any atom is 0.135 e. The maximum absolute atomic E-state index is 10.9. The molecule has 0 radical (unpaired) electrons. The van der Waals surface area contributed by atoms with Crippen LogP contribution in [-0.2, 0) is 6.54 Å². The Morgan fingerprint density at radius 3 is 2.56 bits per heavy atom. The number of hydrogen-bond donors (Lipinski definition) is 2. The molecule has 2 aromatic rings. The fraction of sp³-hybridized carbons (Fsp3) is 0.524. The molecule has 4 bridgehead atoms. The van der Waals surface area contributed by atoms with Gasteiger partial charge >= 0.3 is 0 Å². The van der Waals surface area contributed by atoms with Crippen molar-refractivity contribution in [1.29, 1.82) is 0 Å². The van der Waals surface area contributed by atoms with Crippen molar-refractivity contribution in [3.8, 4) is 11.3 Å². The minimum absolute atomic E-state index is 0.0934. The van der Waals surface area contributed by atoms with E-state index in [1.165, 1.54) is 19.3 Å². The van der Waals surface area contributed by atoms with E-state index in [4.69, 9.17) is 16.0 Å². The van der Waals surface area contributed by atoms with E-state index < -0.39 is 5.60 Å². The van der Waals surface area contributed by atoms with Crippen molar-refractivity contribution in [2.75, 3.05) is 0 Å². The van der Waals surface area contributed by atoms with E-state index in [1.807, 2.05) is 36.4 Å². The predicted molar refractivity (Wildman–Crippen MR) is 98.4 cm³/mol. The maximum atomic E-state index is 10.9. The normalized spacial score (nSPS) is 36.1. The number of hydrogen-bond acceptors (Lipinski definition) is 3. The third-order valence-electron chi connectivity index (χ3n) is 6.47. The van der Waals surface area contributed by atoms with Gasteiger partial charge in [0, 0.05) is 11.1 Å². The van der Waals surface area contributed by atoms with Crippen LogP contribution in [0.5, 0.6) is 0 Å². The molecule has 132 valence electrons. The molecular formula is C21H24ClNO2. The first-order chi connectivity index (χ1) is 12.0. The van der Waals surface area contributed by atoms with E-state index in [2.05, 4.69) is 5.32 Å². The van der Waals surface area contributed by atoms with Crippen molar-refractivity contribution < 1.29 is 9.52 Å². The molecule has 1 aromatic carbocycles. The first-order valence-corrected chi connectivity index (χ1v) is 9.71. The van der Waals surface area contributed by atoms with Crippen LogP contribution in [-0.4, -0.2) is 16.2 Å². The Bertz CT molecular complexity index is 785. The highest BCUT2D eigenvalue weighted by atomic mass is 35.5. The van der Waals surface area contributed by atoms with Gasteiger partial charge in [0.2, 0.25) is 0 Å². The Morgan fingerprint density at radius 1 is 1.08 bits per heavy atom. The van der Waals surface area contributed by atoms with Crippen LogP contribution in [0.3, 0.4) is 0 Å². The van der Waals surface area contributed by atoms with Crippen molar-refractivity contribution in [2.24, 2.45) is 11.8 Å². The molecular weight excluding hydrogens is 334 g/mol. The van der Waals surface area contributed by atoms with E-state index in [0.29, 0.717) is 23.4 Å². The third-order valence-corrected chi connectivity index (χ3v) is 6.80. The van der Waals surface area contributed by atoms with Crippen LogP contribution in [0, 0.1) is 11.8 Å². The zero-order chi connectivity index (χ0) is 17.1. The lowest BCUT2D eigenvalue weighted by Crippen LogP contribution is -2.64. The zero-order valence-electron chi connectivity index (χ0n) is 14.3. The summed E-state index contributed by atoms with van der Waals surface area (Å²) in [5.41, 5.74) is 0.596. The van der Waals surface area contributed by atoms with Crippen LogP contribution in [0.2, 0.25) is 5.02 Å². The van der Waals surface area contributed by atoms with E-state index in [9.17, 15) is 5.11 Å². The van der Waals surface area contributed by atoms with Gasteiger partial charge in [0.1, 0.15) is 11.5 Å². The summed E-state index contributed by atoms with van der Waals surface area (Å²) in [6.45, 7) is 0.708. The van der Waals surface area contributed by atoms with Gasteiger partial charge in [-0.25, -0.2) is 0 Å². The number of benzene rings is 1. The van der Waals surface area contributed by atoms with Crippen LogP contribution in [0.25, 0.3) is 11.3 Å². The van der Waals surface area contributed by atoms with Crippen molar-refractivity contribution in [3.63, 3.8) is 0 Å². The molecule has 2 unspecified atom stereocenters. The number of halogens is 1. The SMILES string of the molecule is OC12CC3CC(C1)CC(NCc1ccc(-c4ccccc4Cl)o1)(C3)C2. The van der Waals surface area contributed by atoms with Gasteiger partial charge in [-0.15, -0.1) is 0 Å². The monoisotopic (exact) mass is 357 g/mol. The molecule has 0 saturated heterocycles. The van der Waals surface area contributed by atoms with Crippen LogP contribution < -0.4 is 5.32 Å². The summed E-state index contributed by atoms with van der Waals surface area (Å²) in [6.07, 6.45) is 6.61. The van der Waals surface area contributed by atoms with Crippen LogP contribution in [0.1, 0.15) is 44.3 Å². The predicted octanol–water partition coefficient (Wildman–Crippen LogP) is 4.77. The molecule has 1 heterocycles. The number of furan rings is 1. The Balaban J connectivity index is 1.32. The minimum Gasteiger partial charge on any atom is -0.460 e. The summed E-state index contributed by atoms with van der Waals surface area (Å²) in [4.78, 5) is 0. The number of aliphatic hydroxyl groups is 1. The molecule has 4 saturated carbocycles. The van der Waals surface area contributed by atoms with Crippen LogP contribution in [0.4, 0.5) is 0 Å². The van der Waals surface area contributed by atoms with Gasteiger partial charge in [-0.05, 0) is 74.6 Å². The molecule has 2 atom stereocenters. The number of rotatable bonds is 4. The molecule has 4 heteroatoms. The fourth-order valence-electron chi connectivity index (χ4n) is 5.97. The van der Waals surface area contributed by atoms with E-state index in [1.54, 1.807) is 0 Å². The van der Waals surface area contributed by atoms with Gasteiger partial charge in [0.25, 0.3) is 0 Å². The Morgan fingerprint density at radius 2 is 1.84 bits per heavy atom. The zero-order valence-corrected chi connectivity index (χ0v) is 15.1. The second-order valence-electron chi connectivity index (χ2n) is 8.57. The summed E-state index contributed by atoms with van der Waals surface area (Å²) < 4.78 is 6.03. The molecule has 3 nitrogen and oxygen atoms in total. The average Bonchev–Trinajstić information content (AvgIpc) is 3.00. The van der Waals surface area contributed by atoms with E-state index >= 15 is 0 Å². The lowest BCUT2D eigenvalue weighted by atomic mass is 9.51. The summed E-state index contributed by atoms with van der Waals surface area (Å²) in [5.74, 6) is 3.12. The van der Waals surface area contributed by atoms with Crippen LogP contribution in [0.15, 0.2) is 40.8 Å². The van der Waals surface area contributed by atoms with Gasteiger partial charge < -0.3 is 14.8 Å². The summed E-state index contributed by atoms with van der Waals surface area (Å²) in [6, 6.07) is 11.8. The third kappa shape index (κ3) is 2.83. The molecule has 2 N–H and O–H groups in total.